The molecule has 9 nitrogen and oxygen atoms in total. The molecular weight excluding hydrogens is 485 g/mol. The number of nitrogens with zero attached hydrogens (tertiary/aromatic N) is 5. The topological polar surface area (TPSA) is 115 Å². The molecule has 0 fully saturated rings. The van der Waals surface area contributed by atoms with Crippen LogP contribution in [0.5, 0.6) is 0 Å². The first-order chi connectivity index (χ1) is 15.8. The highest BCUT2D eigenvalue weighted by atomic mass is 35.5. The Morgan fingerprint density at radius 3 is 2.52 bits per heavy atom. The molecule has 0 bridgehead atoms. The molecule has 0 saturated carbocycles. The highest BCUT2D eigenvalue weighted by molar-refractivity contribution is 7.99. The van der Waals surface area contributed by atoms with Crippen LogP contribution in [0.4, 0.5) is 5.95 Å². The number of benzene rings is 1. The number of amides is 2. The van der Waals surface area contributed by atoms with Crippen molar-refractivity contribution in [2.45, 2.75) is 38.5 Å². The van der Waals surface area contributed by atoms with Crippen LogP contribution in [0.1, 0.15) is 43.0 Å². The van der Waals surface area contributed by atoms with Crippen LogP contribution < -0.4 is 10.6 Å². The van der Waals surface area contributed by atoms with Crippen molar-refractivity contribution < 1.29 is 9.59 Å². The number of carbonyl (C=O) groups excluding carboxylic acids is 2. The molecule has 0 aliphatic heterocycles. The van der Waals surface area contributed by atoms with Gasteiger partial charge >= 0.3 is 0 Å². The second-order valence-electron chi connectivity index (χ2n) is 7.31. The molecule has 3 aromatic rings. The fraction of sp³-hybridized carbons (Fsp3) is 0.333. The molecule has 12 heteroatoms. The normalized spacial score (nSPS) is 11.9. The lowest BCUT2D eigenvalue weighted by Crippen LogP contribution is -2.34. The van der Waals surface area contributed by atoms with Crippen molar-refractivity contribution >= 4 is 52.7 Å². The third-order valence-corrected chi connectivity index (χ3v) is 6.13. The molecule has 0 radical (unpaired) electrons. The van der Waals surface area contributed by atoms with E-state index < -0.39 is 6.04 Å². The van der Waals surface area contributed by atoms with Crippen LogP contribution in [0, 0.1) is 5.92 Å². The van der Waals surface area contributed by atoms with Gasteiger partial charge in [0.2, 0.25) is 11.9 Å². The highest BCUT2D eigenvalue weighted by Gasteiger charge is 2.27. The van der Waals surface area contributed by atoms with E-state index in [9.17, 15) is 9.59 Å². The van der Waals surface area contributed by atoms with Crippen LogP contribution >= 0.6 is 35.0 Å². The Balaban J connectivity index is 1.73. The molecule has 2 heterocycles. The van der Waals surface area contributed by atoms with Crippen molar-refractivity contribution in [1.82, 2.24) is 30.0 Å². The van der Waals surface area contributed by atoms with Gasteiger partial charge in [-0.15, -0.1) is 10.2 Å². The molecule has 2 aromatic heterocycles. The van der Waals surface area contributed by atoms with Gasteiger partial charge in [0, 0.05) is 24.0 Å². The lowest BCUT2D eigenvalue weighted by Gasteiger charge is -2.22. The number of hydrogen-bond acceptors (Lipinski definition) is 7. The number of rotatable bonds is 9. The van der Waals surface area contributed by atoms with Gasteiger partial charge in [0.15, 0.2) is 11.0 Å². The van der Waals surface area contributed by atoms with Crippen LogP contribution in [-0.4, -0.2) is 42.3 Å². The Hall–Kier alpha value is -2.69. The summed E-state index contributed by atoms with van der Waals surface area (Å²) in [6.45, 7) is 6.46. The zero-order chi connectivity index (χ0) is 24.0. The summed E-state index contributed by atoms with van der Waals surface area (Å²) < 4.78 is 1.88. The molecule has 0 spiro atoms. The number of hydrogen-bond donors (Lipinski definition) is 2. The summed E-state index contributed by atoms with van der Waals surface area (Å²) >= 11 is 13.4. The molecule has 0 aliphatic rings. The second-order valence-corrected chi connectivity index (χ2v) is 9.10. The number of halogens is 2. The van der Waals surface area contributed by atoms with Crippen molar-refractivity contribution in [2.24, 2.45) is 5.92 Å². The van der Waals surface area contributed by atoms with E-state index in [1.54, 1.807) is 30.6 Å². The Bertz CT molecular complexity index is 1130. The first-order valence-electron chi connectivity index (χ1n) is 10.2. The summed E-state index contributed by atoms with van der Waals surface area (Å²) in [6, 6.07) is 5.97. The molecule has 1 atom stereocenters. The molecule has 3 rings (SSSR count). The zero-order valence-electron chi connectivity index (χ0n) is 18.2. The van der Waals surface area contributed by atoms with E-state index in [2.05, 4.69) is 30.8 Å². The largest absolute Gasteiger partial charge is 0.342 e. The average Bonchev–Trinajstić information content (AvgIpc) is 3.18. The molecular formula is C21H23Cl2N7O2S. The minimum Gasteiger partial charge on any atom is -0.342 e. The van der Waals surface area contributed by atoms with Gasteiger partial charge in [-0.2, -0.15) is 0 Å². The van der Waals surface area contributed by atoms with Crippen LogP contribution in [-0.2, 0) is 11.3 Å². The first kappa shape index (κ1) is 24.9. The molecule has 0 saturated heterocycles. The van der Waals surface area contributed by atoms with E-state index in [0.29, 0.717) is 28.1 Å². The number of anilines is 1. The van der Waals surface area contributed by atoms with Crippen LogP contribution in [0.3, 0.4) is 0 Å². The summed E-state index contributed by atoms with van der Waals surface area (Å²) in [6.07, 6.45) is 3.10. The van der Waals surface area contributed by atoms with Gasteiger partial charge in [0.1, 0.15) is 0 Å². The summed E-state index contributed by atoms with van der Waals surface area (Å²) in [4.78, 5) is 33.1. The van der Waals surface area contributed by atoms with E-state index in [1.165, 1.54) is 17.8 Å². The van der Waals surface area contributed by atoms with Gasteiger partial charge in [-0.25, -0.2) is 9.97 Å². The maximum atomic E-state index is 12.9. The van der Waals surface area contributed by atoms with Crippen molar-refractivity contribution in [3.8, 4) is 0 Å². The number of carbonyl (C=O) groups is 2. The van der Waals surface area contributed by atoms with Gasteiger partial charge in [-0.3, -0.25) is 14.9 Å². The molecule has 174 valence electrons. The van der Waals surface area contributed by atoms with Gasteiger partial charge in [-0.05, 0) is 37.1 Å². The minimum absolute atomic E-state index is 0.0194. The number of aromatic nitrogens is 5. The van der Waals surface area contributed by atoms with Crippen molar-refractivity contribution in [3.05, 3.63) is 58.1 Å². The fourth-order valence-electron chi connectivity index (χ4n) is 3.01. The SMILES string of the molecule is CCn1c(SCC(=O)Nc2ncccn2)nnc1[C@H](NC(=O)c1ccc(Cl)cc1Cl)C(C)C. The Labute approximate surface area is 205 Å². The lowest BCUT2D eigenvalue weighted by atomic mass is 10.0. The van der Waals surface area contributed by atoms with Crippen LogP contribution in [0.25, 0.3) is 0 Å². The third-order valence-electron chi connectivity index (χ3n) is 4.62. The smallest absolute Gasteiger partial charge is 0.253 e. The molecule has 2 N–H and O–H groups in total. The quantitative estimate of drug-likeness (QED) is 0.415. The molecule has 33 heavy (non-hydrogen) atoms. The van der Waals surface area contributed by atoms with E-state index >= 15 is 0 Å². The lowest BCUT2D eigenvalue weighted by molar-refractivity contribution is -0.113. The molecule has 0 aliphatic carbocycles. The minimum atomic E-state index is -0.419. The molecule has 0 unspecified atom stereocenters. The van der Waals surface area contributed by atoms with Crippen molar-refractivity contribution in [3.63, 3.8) is 0 Å². The first-order valence-corrected chi connectivity index (χ1v) is 11.9. The van der Waals surface area contributed by atoms with Gasteiger partial charge in [0.25, 0.3) is 5.91 Å². The summed E-state index contributed by atoms with van der Waals surface area (Å²) in [5.74, 6) is 0.368. The van der Waals surface area contributed by atoms with Gasteiger partial charge < -0.3 is 9.88 Å². The maximum Gasteiger partial charge on any atom is 0.253 e. The van der Waals surface area contributed by atoms with Crippen molar-refractivity contribution in [1.29, 1.82) is 0 Å². The average molecular weight is 508 g/mol. The maximum absolute atomic E-state index is 12.9. The third kappa shape index (κ3) is 6.43. The van der Waals surface area contributed by atoms with E-state index in [1.807, 2.05) is 25.3 Å². The fourth-order valence-corrected chi connectivity index (χ4v) is 4.31. The van der Waals surface area contributed by atoms with Crippen LogP contribution in [0.2, 0.25) is 10.0 Å². The summed E-state index contributed by atoms with van der Waals surface area (Å²) in [5, 5.41) is 15.5. The Morgan fingerprint density at radius 2 is 1.88 bits per heavy atom. The molecule has 1 aromatic carbocycles. The second kappa shape index (κ2) is 11.4. The van der Waals surface area contributed by atoms with E-state index in [-0.39, 0.29) is 34.5 Å². The van der Waals surface area contributed by atoms with E-state index in [4.69, 9.17) is 23.2 Å². The summed E-state index contributed by atoms with van der Waals surface area (Å²) in [7, 11) is 0. The standard InChI is InChI=1S/C21H23Cl2N7O2S/c1-4-30-18(17(12(2)3)27-19(32)14-7-6-13(22)10-15(14)23)28-29-21(30)33-11-16(31)26-20-24-8-5-9-25-20/h5-10,12,17H,4,11H2,1-3H3,(H,27,32)(H,24,25,26,31)/t17-/m1/s1. The predicted octanol–water partition coefficient (Wildman–Crippen LogP) is 4.25. The van der Waals surface area contributed by atoms with Gasteiger partial charge in [0.05, 0.1) is 22.4 Å². The highest BCUT2D eigenvalue weighted by Crippen LogP contribution is 2.27. The van der Waals surface area contributed by atoms with Crippen LogP contribution in [0.15, 0.2) is 41.8 Å². The van der Waals surface area contributed by atoms with E-state index in [0.717, 1.165) is 0 Å². The zero-order valence-corrected chi connectivity index (χ0v) is 20.6. The Morgan fingerprint density at radius 1 is 1.15 bits per heavy atom. The number of thioether (sulfide) groups is 1. The molecule has 2 amide bonds. The summed E-state index contributed by atoms with van der Waals surface area (Å²) in [5.41, 5.74) is 0.323. The Kier molecular flexibility index (Phi) is 8.65. The predicted molar refractivity (Wildman–Crippen MR) is 129 cm³/mol. The van der Waals surface area contributed by atoms with Gasteiger partial charge in [-0.1, -0.05) is 48.8 Å². The monoisotopic (exact) mass is 507 g/mol. The van der Waals surface area contributed by atoms with Crippen molar-refractivity contribution in [2.75, 3.05) is 11.1 Å². The number of nitrogens with one attached hydrogen (secondary N) is 2.